The van der Waals surface area contributed by atoms with Gasteiger partial charge in [0.25, 0.3) is 0 Å². The Kier molecular flexibility index (Phi) is 7.72. The van der Waals surface area contributed by atoms with Gasteiger partial charge in [-0.1, -0.05) is 19.1 Å². The number of thioether (sulfide) groups is 1. The number of hydrogen-bond acceptors (Lipinski definition) is 2. The Balaban J connectivity index is 0.00000200. The Bertz CT molecular complexity index is 433. The van der Waals surface area contributed by atoms with Crippen LogP contribution in [-0.2, 0) is 6.54 Å². The highest BCUT2D eigenvalue weighted by molar-refractivity contribution is 14.0. The van der Waals surface area contributed by atoms with E-state index in [0.29, 0.717) is 12.5 Å². The summed E-state index contributed by atoms with van der Waals surface area (Å²) in [5.41, 5.74) is 7.30. The van der Waals surface area contributed by atoms with Crippen molar-refractivity contribution in [2.75, 3.05) is 19.3 Å². The lowest BCUT2D eigenvalue weighted by Crippen LogP contribution is -2.43. The van der Waals surface area contributed by atoms with Gasteiger partial charge in [-0.25, -0.2) is 4.99 Å². The molecule has 20 heavy (non-hydrogen) atoms. The number of halogens is 1. The summed E-state index contributed by atoms with van der Waals surface area (Å²) in [7, 11) is 0. The molecule has 0 amide bonds. The first-order valence-electron chi connectivity index (χ1n) is 6.87. The summed E-state index contributed by atoms with van der Waals surface area (Å²) >= 11 is 1.76. The summed E-state index contributed by atoms with van der Waals surface area (Å²) in [5, 5.41) is 0. The Morgan fingerprint density at radius 1 is 1.40 bits per heavy atom. The summed E-state index contributed by atoms with van der Waals surface area (Å²) in [5.74, 6) is 1.42. The van der Waals surface area contributed by atoms with Crippen LogP contribution in [0.15, 0.2) is 34.2 Å². The molecule has 0 aliphatic carbocycles. The van der Waals surface area contributed by atoms with E-state index in [1.807, 2.05) is 0 Å². The minimum atomic E-state index is 0. The molecule has 2 N–H and O–H groups in total. The summed E-state index contributed by atoms with van der Waals surface area (Å²) in [4.78, 5) is 8.02. The monoisotopic (exact) mass is 405 g/mol. The summed E-state index contributed by atoms with van der Waals surface area (Å²) in [6.45, 7) is 5.04. The maximum absolute atomic E-state index is 6.09. The minimum Gasteiger partial charge on any atom is -0.370 e. The van der Waals surface area contributed by atoms with Crippen molar-refractivity contribution in [1.82, 2.24) is 4.90 Å². The fourth-order valence-electron chi connectivity index (χ4n) is 2.40. The zero-order valence-corrected chi connectivity index (χ0v) is 15.4. The van der Waals surface area contributed by atoms with Crippen LogP contribution in [0.1, 0.15) is 25.3 Å². The van der Waals surface area contributed by atoms with Gasteiger partial charge in [0.2, 0.25) is 0 Å². The average Bonchev–Trinajstić information content (AvgIpc) is 2.45. The molecule has 0 aromatic heterocycles. The van der Waals surface area contributed by atoms with Crippen molar-refractivity contribution in [3.05, 3.63) is 29.8 Å². The van der Waals surface area contributed by atoms with Crippen LogP contribution in [0, 0.1) is 5.92 Å². The van der Waals surface area contributed by atoms with Crippen LogP contribution in [-0.4, -0.2) is 30.2 Å². The van der Waals surface area contributed by atoms with E-state index >= 15 is 0 Å². The lowest BCUT2D eigenvalue weighted by atomic mass is 10.0. The number of aliphatic imine (C=N–C) groups is 1. The van der Waals surface area contributed by atoms with Crippen LogP contribution < -0.4 is 5.73 Å². The molecule has 0 bridgehead atoms. The number of likely N-dealkylation sites (tertiary alicyclic amines) is 1. The quantitative estimate of drug-likeness (QED) is 0.362. The molecule has 0 spiro atoms. The van der Waals surface area contributed by atoms with E-state index in [0.717, 1.165) is 19.0 Å². The van der Waals surface area contributed by atoms with Crippen LogP contribution in [0.25, 0.3) is 0 Å². The highest BCUT2D eigenvalue weighted by Gasteiger charge is 2.17. The molecular weight excluding hydrogens is 381 g/mol. The molecule has 5 heteroatoms. The molecule has 0 radical (unpaired) electrons. The van der Waals surface area contributed by atoms with Crippen LogP contribution in [0.4, 0.5) is 0 Å². The van der Waals surface area contributed by atoms with Crippen molar-refractivity contribution in [3.8, 4) is 0 Å². The Hall–Kier alpha value is -0.430. The fourth-order valence-corrected chi connectivity index (χ4v) is 2.81. The van der Waals surface area contributed by atoms with Crippen LogP contribution in [0.5, 0.6) is 0 Å². The first kappa shape index (κ1) is 17.6. The Morgan fingerprint density at radius 2 is 2.10 bits per heavy atom. The van der Waals surface area contributed by atoms with Crippen LogP contribution in [0.2, 0.25) is 0 Å². The predicted molar refractivity (Wildman–Crippen MR) is 98.9 cm³/mol. The Labute approximate surface area is 143 Å². The van der Waals surface area contributed by atoms with E-state index in [2.05, 4.69) is 47.3 Å². The molecule has 0 saturated carbocycles. The molecule has 1 aromatic rings. The lowest BCUT2D eigenvalue weighted by Gasteiger charge is -2.31. The second-order valence-electron chi connectivity index (χ2n) is 5.22. The number of hydrogen-bond donors (Lipinski definition) is 1. The second kappa shape index (κ2) is 8.77. The van der Waals surface area contributed by atoms with Gasteiger partial charge in [-0.15, -0.1) is 35.7 Å². The first-order valence-corrected chi connectivity index (χ1v) is 8.09. The van der Waals surface area contributed by atoms with E-state index in [4.69, 9.17) is 5.73 Å². The number of nitrogens with two attached hydrogens (primary N) is 1. The van der Waals surface area contributed by atoms with Gasteiger partial charge in [0.15, 0.2) is 5.96 Å². The number of guanidine groups is 1. The first-order chi connectivity index (χ1) is 9.19. The van der Waals surface area contributed by atoms with E-state index in [9.17, 15) is 0 Å². The topological polar surface area (TPSA) is 41.6 Å². The highest BCUT2D eigenvalue weighted by atomic mass is 127. The molecule has 1 aliphatic heterocycles. The van der Waals surface area contributed by atoms with Crippen LogP contribution in [0.3, 0.4) is 0 Å². The predicted octanol–water partition coefficient (Wildman–Crippen LogP) is 3.57. The third-order valence-electron chi connectivity index (χ3n) is 3.56. The van der Waals surface area contributed by atoms with Gasteiger partial charge in [-0.2, -0.15) is 0 Å². The maximum Gasteiger partial charge on any atom is 0.191 e. The number of rotatable bonds is 3. The molecule has 3 nitrogen and oxygen atoms in total. The molecule has 1 atom stereocenters. The van der Waals surface area contributed by atoms with Crippen molar-refractivity contribution >= 4 is 41.7 Å². The number of piperidine rings is 1. The van der Waals surface area contributed by atoms with Gasteiger partial charge in [0.05, 0.1) is 6.54 Å². The fraction of sp³-hybridized carbons (Fsp3) is 0.533. The summed E-state index contributed by atoms with van der Waals surface area (Å²) in [6.07, 6.45) is 4.61. The summed E-state index contributed by atoms with van der Waals surface area (Å²) in [6, 6.07) is 8.52. The lowest BCUT2D eigenvalue weighted by molar-refractivity contribution is 0.270. The third-order valence-corrected chi connectivity index (χ3v) is 4.31. The molecule has 1 aromatic carbocycles. The van der Waals surface area contributed by atoms with Gasteiger partial charge in [0.1, 0.15) is 0 Å². The molecule has 1 saturated heterocycles. The van der Waals surface area contributed by atoms with E-state index in [1.54, 1.807) is 11.8 Å². The summed E-state index contributed by atoms with van der Waals surface area (Å²) < 4.78 is 0. The van der Waals surface area contributed by atoms with Crippen molar-refractivity contribution in [2.45, 2.75) is 31.2 Å². The van der Waals surface area contributed by atoms with Crippen molar-refractivity contribution in [2.24, 2.45) is 16.6 Å². The van der Waals surface area contributed by atoms with Gasteiger partial charge < -0.3 is 10.6 Å². The van der Waals surface area contributed by atoms with Crippen molar-refractivity contribution in [3.63, 3.8) is 0 Å². The second-order valence-corrected chi connectivity index (χ2v) is 6.10. The molecule has 1 fully saturated rings. The zero-order valence-electron chi connectivity index (χ0n) is 12.2. The minimum absolute atomic E-state index is 0. The average molecular weight is 405 g/mol. The van der Waals surface area contributed by atoms with E-state index < -0.39 is 0 Å². The Morgan fingerprint density at radius 3 is 2.70 bits per heavy atom. The maximum atomic E-state index is 6.09. The molecule has 1 heterocycles. The van der Waals surface area contributed by atoms with Crippen molar-refractivity contribution in [1.29, 1.82) is 0 Å². The molecule has 2 rings (SSSR count). The third kappa shape index (κ3) is 5.16. The molecule has 1 aliphatic rings. The van der Waals surface area contributed by atoms with Crippen molar-refractivity contribution < 1.29 is 0 Å². The van der Waals surface area contributed by atoms with E-state index in [1.165, 1.54) is 23.3 Å². The van der Waals surface area contributed by atoms with Gasteiger partial charge in [-0.3, -0.25) is 0 Å². The molecular formula is C15H24IN3S. The standard InChI is InChI=1S/C15H23N3S.HI/c1-12-4-3-9-18(11-12)15(16)17-10-13-5-7-14(19-2)8-6-13;/h5-8,12H,3-4,9-11H2,1-2H3,(H2,16,17);1H. The van der Waals surface area contributed by atoms with Gasteiger partial charge in [0, 0.05) is 18.0 Å². The molecule has 1 unspecified atom stereocenters. The highest BCUT2D eigenvalue weighted by Crippen LogP contribution is 2.16. The van der Waals surface area contributed by atoms with Crippen LogP contribution >= 0.6 is 35.7 Å². The van der Waals surface area contributed by atoms with Gasteiger partial charge >= 0.3 is 0 Å². The normalized spacial score (nSPS) is 19.6. The number of nitrogens with zero attached hydrogens (tertiary/aromatic N) is 2. The largest absolute Gasteiger partial charge is 0.370 e. The smallest absolute Gasteiger partial charge is 0.191 e. The zero-order chi connectivity index (χ0) is 13.7. The van der Waals surface area contributed by atoms with E-state index in [-0.39, 0.29) is 24.0 Å². The SMILES string of the molecule is CSc1ccc(CN=C(N)N2CCCC(C)C2)cc1.I. The molecule has 112 valence electrons. The van der Waals surface area contributed by atoms with Gasteiger partial charge in [-0.05, 0) is 42.7 Å². The number of benzene rings is 1.